The van der Waals surface area contributed by atoms with Crippen LogP contribution in [0.1, 0.15) is 13.3 Å². The predicted molar refractivity (Wildman–Crippen MR) is 125 cm³/mol. The van der Waals surface area contributed by atoms with Crippen molar-refractivity contribution in [3.8, 4) is 11.1 Å². The summed E-state index contributed by atoms with van der Waals surface area (Å²) in [4.78, 5) is 32.4. The fourth-order valence-corrected chi connectivity index (χ4v) is 7.31. The lowest BCUT2D eigenvalue weighted by molar-refractivity contribution is -0.129. The first-order chi connectivity index (χ1) is 14.8. The zero-order valence-corrected chi connectivity index (χ0v) is 19.3. The number of sulfone groups is 1. The van der Waals surface area contributed by atoms with Crippen molar-refractivity contribution >= 4 is 49.1 Å². The van der Waals surface area contributed by atoms with Gasteiger partial charge in [-0.05, 0) is 18.9 Å². The van der Waals surface area contributed by atoms with Gasteiger partial charge in [0, 0.05) is 23.5 Å². The van der Waals surface area contributed by atoms with Gasteiger partial charge in [0.05, 0.1) is 22.6 Å². The summed E-state index contributed by atoms with van der Waals surface area (Å²) in [6.45, 7) is 2.25. The fourth-order valence-electron chi connectivity index (χ4n) is 3.79. The van der Waals surface area contributed by atoms with Crippen molar-refractivity contribution in [1.82, 2.24) is 14.6 Å². The molecule has 0 saturated carbocycles. The van der Waals surface area contributed by atoms with Crippen LogP contribution in [-0.2, 0) is 14.6 Å². The minimum atomic E-state index is -3.09. The highest BCUT2D eigenvalue weighted by Crippen LogP contribution is 2.31. The number of hydrogen-bond acceptors (Lipinski definition) is 8. The highest BCUT2D eigenvalue weighted by molar-refractivity contribution is 7.99. The maximum absolute atomic E-state index is 12.9. The number of benzene rings is 1. The summed E-state index contributed by atoms with van der Waals surface area (Å²) in [5.74, 6) is 5.97. The van der Waals surface area contributed by atoms with E-state index in [2.05, 4.69) is 4.98 Å². The first kappa shape index (κ1) is 21.8. The average molecular weight is 479 g/mol. The molecule has 1 aliphatic rings. The Labute approximate surface area is 188 Å². The maximum Gasteiger partial charge on any atom is 0.282 e. The number of thioether (sulfide) groups is 1. The topological polar surface area (TPSA) is 115 Å². The van der Waals surface area contributed by atoms with E-state index in [4.69, 9.17) is 5.84 Å². The zero-order valence-electron chi connectivity index (χ0n) is 16.9. The van der Waals surface area contributed by atoms with E-state index in [1.165, 1.54) is 11.3 Å². The first-order valence-electron chi connectivity index (χ1n) is 9.78. The van der Waals surface area contributed by atoms with E-state index in [1.807, 2.05) is 42.6 Å². The number of fused-ring (bicyclic) bond motifs is 1. The van der Waals surface area contributed by atoms with Crippen LogP contribution in [0.3, 0.4) is 0 Å². The van der Waals surface area contributed by atoms with Crippen LogP contribution in [0.2, 0.25) is 0 Å². The van der Waals surface area contributed by atoms with Gasteiger partial charge in [0.1, 0.15) is 4.83 Å². The van der Waals surface area contributed by atoms with Gasteiger partial charge in [0.2, 0.25) is 5.91 Å². The molecular weight excluding hydrogens is 456 g/mol. The zero-order chi connectivity index (χ0) is 22.2. The molecule has 0 unspecified atom stereocenters. The largest absolute Gasteiger partial charge is 0.338 e. The van der Waals surface area contributed by atoms with Crippen LogP contribution in [0.5, 0.6) is 0 Å². The molecule has 31 heavy (non-hydrogen) atoms. The number of nitrogens with zero attached hydrogens (tertiary/aromatic N) is 3. The van der Waals surface area contributed by atoms with Crippen molar-refractivity contribution in [2.75, 3.05) is 29.6 Å². The van der Waals surface area contributed by atoms with E-state index in [1.54, 1.807) is 4.90 Å². The molecule has 1 fully saturated rings. The molecule has 1 atom stereocenters. The molecule has 4 rings (SSSR count). The second-order valence-electron chi connectivity index (χ2n) is 7.29. The van der Waals surface area contributed by atoms with Crippen molar-refractivity contribution < 1.29 is 13.2 Å². The summed E-state index contributed by atoms with van der Waals surface area (Å²) < 4.78 is 24.5. The molecule has 3 aromatic rings. The van der Waals surface area contributed by atoms with Crippen molar-refractivity contribution in [3.63, 3.8) is 0 Å². The van der Waals surface area contributed by atoms with Crippen LogP contribution in [0, 0.1) is 0 Å². The lowest BCUT2D eigenvalue weighted by atomic mass is 10.1. The van der Waals surface area contributed by atoms with Crippen LogP contribution >= 0.6 is 23.1 Å². The molecule has 0 aliphatic carbocycles. The van der Waals surface area contributed by atoms with Gasteiger partial charge in [-0.25, -0.2) is 18.1 Å². The van der Waals surface area contributed by atoms with E-state index in [-0.39, 0.29) is 39.9 Å². The molecule has 0 spiro atoms. The van der Waals surface area contributed by atoms with E-state index >= 15 is 0 Å². The Balaban J connectivity index is 1.56. The molecular formula is C20H22N4O4S3. The smallest absolute Gasteiger partial charge is 0.282 e. The molecule has 0 radical (unpaired) electrons. The lowest BCUT2D eigenvalue weighted by Crippen LogP contribution is -2.42. The summed E-state index contributed by atoms with van der Waals surface area (Å²) in [5.41, 5.74) is 1.33. The number of carbonyl (C=O) groups excluding carboxylic acids is 1. The van der Waals surface area contributed by atoms with E-state index in [9.17, 15) is 18.0 Å². The fraction of sp³-hybridized carbons (Fsp3) is 0.350. The summed E-state index contributed by atoms with van der Waals surface area (Å²) in [5, 5.41) is 2.59. The minimum absolute atomic E-state index is 0.000507. The number of nitrogens with two attached hydrogens (primary N) is 1. The number of nitrogen functional groups attached to an aromatic ring is 1. The molecule has 1 aromatic carbocycles. The molecule has 3 heterocycles. The molecule has 2 N–H and O–H groups in total. The van der Waals surface area contributed by atoms with Gasteiger partial charge in [-0.1, -0.05) is 42.1 Å². The SMILES string of the molecule is CCN(C(=O)CSc1nc2scc(-c3ccccc3)c2c(=O)n1N)[C@H]1CCS(=O)(=O)C1. The number of hydrogen-bond donors (Lipinski definition) is 1. The Morgan fingerprint density at radius 1 is 1.35 bits per heavy atom. The summed E-state index contributed by atoms with van der Waals surface area (Å²) in [7, 11) is -3.09. The molecule has 0 bridgehead atoms. The predicted octanol–water partition coefficient (Wildman–Crippen LogP) is 1.97. The molecule has 1 amide bonds. The van der Waals surface area contributed by atoms with Gasteiger partial charge in [0.25, 0.3) is 5.56 Å². The maximum atomic E-state index is 12.9. The summed E-state index contributed by atoms with van der Waals surface area (Å²) in [6, 6.07) is 9.25. The molecule has 8 nitrogen and oxygen atoms in total. The Kier molecular flexibility index (Phi) is 6.09. The molecule has 1 aliphatic heterocycles. The van der Waals surface area contributed by atoms with Gasteiger partial charge in [-0.3, -0.25) is 9.59 Å². The third kappa shape index (κ3) is 4.35. The van der Waals surface area contributed by atoms with Crippen LogP contribution in [0.4, 0.5) is 0 Å². The molecule has 1 saturated heterocycles. The minimum Gasteiger partial charge on any atom is -0.338 e. The second-order valence-corrected chi connectivity index (χ2v) is 11.3. The van der Waals surface area contributed by atoms with Crippen LogP contribution in [-0.4, -0.2) is 58.7 Å². The van der Waals surface area contributed by atoms with Crippen molar-refractivity contribution in [3.05, 3.63) is 46.1 Å². The van der Waals surface area contributed by atoms with Gasteiger partial charge >= 0.3 is 0 Å². The Morgan fingerprint density at radius 3 is 2.74 bits per heavy atom. The second kappa shape index (κ2) is 8.64. The van der Waals surface area contributed by atoms with Crippen LogP contribution in [0.25, 0.3) is 21.3 Å². The van der Waals surface area contributed by atoms with Crippen molar-refractivity contribution in [2.24, 2.45) is 0 Å². The van der Waals surface area contributed by atoms with E-state index in [0.29, 0.717) is 23.2 Å². The van der Waals surface area contributed by atoms with Crippen molar-refractivity contribution in [2.45, 2.75) is 24.5 Å². The third-order valence-electron chi connectivity index (χ3n) is 5.33. The quantitative estimate of drug-likeness (QED) is 0.327. The standard InChI is InChI=1S/C20H22N4O4S3/c1-2-23(14-8-9-31(27,28)12-14)16(25)11-30-20-22-18-17(19(26)24(20)21)15(10-29-18)13-6-4-3-5-7-13/h3-7,10,14H,2,8-9,11-12,21H2,1H3/t14-/m0/s1. The normalized spacial score (nSPS) is 17.8. The van der Waals surface area contributed by atoms with Crippen molar-refractivity contribution in [1.29, 1.82) is 0 Å². The van der Waals surface area contributed by atoms with Crippen LogP contribution in [0.15, 0.2) is 45.7 Å². The van der Waals surface area contributed by atoms with Gasteiger partial charge in [-0.15, -0.1) is 11.3 Å². The van der Waals surface area contributed by atoms with Crippen LogP contribution < -0.4 is 11.4 Å². The highest BCUT2D eigenvalue weighted by Gasteiger charge is 2.34. The molecule has 164 valence electrons. The molecule has 11 heteroatoms. The average Bonchev–Trinajstić information content (AvgIpc) is 3.34. The third-order valence-corrected chi connectivity index (χ3v) is 8.89. The van der Waals surface area contributed by atoms with Gasteiger partial charge in [0.15, 0.2) is 15.0 Å². The summed E-state index contributed by atoms with van der Waals surface area (Å²) in [6.07, 6.45) is 0.454. The Hall–Kier alpha value is -2.37. The van der Waals surface area contributed by atoms with E-state index in [0.717, 1.165) is 27.6 Å². The van der Waals surface area contributed by atoms with Gasteiger partial charge < -0.3 is 10.7 Å². The lowest BCUT2D eigenvalue weighted by Gasteiger charge is -2.26. The first-order valence-corrected chi connectivity index (χ1v) is 13.5. The Bertz CT molecular complexity index is 1280. The van der Waals surface area contributed by atoms with Gasteiger partial charge in [-0.2, -0.15) is 0 Å². The number of amides is 1. The molecule has 2 aromatic heterocycles. The highest BCUT2D eigenvalue weighted by atomic mass is 32.2. The monoisotopic (exact) mass is 478 g/mol. The van der Waals surface area contributed by atoms with E-state index < -0.39 is 9.84 Å². The number of aromatic nitrogens is 2. The summed E-state index contributed by atoms with van der Waals surface area (Å²) >= 11 is 2.44. The number of rotatable bonds is 6. The number of carbonyl (C=O) groups is 1. The number of thiophene rings is 1. The Morgan fingerprint density at radius 2 is 2.10 bits per heavy atom.